The van der Waals surface area contributed by atoms with Gasteiger partial charge in [-0.1, -0.05) is 24.3 Å². The van der Waals surface area contributed by atoms with Crippen LogP contribution in [0.3, 0.4) is 0 Å². The van der Waals surface area contributed by atoms with Gasteiger partial charge < -0.3 is 10.4 Å². The number of para-hydroxylation sites is 1. The fraction of sp³-hybridized carbons (Fsp3) is 0.0909. The van der Waals surface area contributed by atoms with Gasteiger partial charge in [-0.3, -0.25) is 4.98 Å². The van der Waals surface area contributed by atoms with E-state index in [1.54, 1.807) is 12.4 Å². The van der Waals surface area contributed by atoms with Gasteiger partial charge in [0.05, 0.1) is 11.2 Å². The van der Waals surface area contributed by atoms with Gasteiger partial charge >= 0.3 is 12.1 Å². The van der Waals surface area contributed by atoms with Crippen LogP contribution in [0.5, 0.6) is 0 Å². The first-order valence-corrected chi connectivity index (χ1v) is 9.25. The number of aryl methyl sites for hydroxylation is 1. The summed E-state index contributed by atoms with van der Waals surface area (Å²) in [7, 11) is 0. The fourth-order valence-corrected chi connectivity index (χ4v) is 2.69. The van der Waals surface area contributed by atoms with Gasteiger partial charge in [0.1, 0.15) is 11.6 Å². The van der Waals surface area contributed by atoms with Gasteiger partial charge in [0.15, 0.2) is 0 Å². The lowest BCUT2D eigenvalue weighted by atomic mass is 10.0. The summed E-state index contributed by atoms with van der Waals surface area (Å²) in [5.74, 6) is -3.87. The molecule has 2 N–H and O–H groups in total. The predicted octanol–water partition coefficient (Wildman–Crippen LogP) is 5.66. The molecule has 0 fully saturated rings. The molecule has 0 atom stereocenters. The number of alkyl halides is 3. The van der Waals surface area contributed by atoms with Crippen molar-refractivity contribution in [2.75, 3.05) is 5.32 Å². The van der Waals surface area contributed by atoms with Crippen molar-refractivity contribution in [2.45, 2.75) is 13.1 Å². The molecule has 0 saturated carbocycles. The summed E-state index contributed by atoms with van der Waals surface area (Å²) in [6, 6.07) is 13.0. The number of benzene rings is 2. The van der Waals surface area contributed by atoms with E-state index >= 15 is 0 Å². The van der Waals surface area contributed by atoms with Crippen LogP contribution in [0.2, 0.25) is 0 Å². The molecule has 0 aliphatic heterocycles. The highest BCUT2D eigenvalue weighted by molar-refractivity contribution is 5.93. The lowest BCUT2D eigenvalue weighted by Crippen LogP contribution is -2.21. The zero-order chi connectivity index (χ0) is 24.2. The molecule has 33 heavy (non-hydrogen) atoms. The second-order valence-electron chi connectivity index (χ2n) is 6.68. The van der Waals surface area contributed by atoms with Crippen molar-refractivity contribution in [1.82, 2.24) is 15.0 Å². The number of anilines is 2. The van der Waals surface area contributed by atoms with E-state index in [-0.39, 0.29) is 11.6 Å². The van der Waals surface area contributed by atoms with Gasteiger partial charge in [0.2, 0.25) is 5.95 Å². The Morgan fingerprint density at radius 1 is 1.00 bits per heavy atom. The minimum absolute atomic E-state index is 0.111. The molecule has 2 aromatic carbocycles. The first-order valence-electron chi connectivity index (χ1n) is 9.25. The SMILES string of the molecule is Cc1ccc(-c2cccc3cnc(Nc4ccc(F)cc4F)nc23)cn1.O=C(O)C(F)(F)F. The average Bonchev–Trinajstić information content (AvgIpc) is 2.76. The summed E-state index contributed by atoms with van der Waals surface area (Å²) in [5, 5.41) is 10.8. The molecule has 11 heteroatoms. The third kappa shape index (κ3) is 5.97. The molecule has 170 valence electrons. The van der Waals surface area contributed by atoms with Crippen LogP contribution in [0, 0.1) is 18.6 Å². The van der Waals surface area contributed by atoms with Gasteiger partial charge in [-0.25, -0.2) is 23.5 Å². The van der Waals surface area contributed by atoms with Gasteiger partial charge in [0, 0.05) is 40.7 Å². The van der Waals surface area contributed by atoms with Crippen LogP contribution in [0.25, 0.3) is 22.0 Å². The number of aliphatic carboxylic acids is 1. The van der Waals surface area contributed by atoms with E-state index in [0.29, 0.717) is 0 Å². The monoisotopic (exact) mass is 462 g/mol. The Bertz CT molecular complexity index is 1290. The number of nitrogens with one attached hydrogen (secondary N) is 1. The summed E-state index contributed by atoms with van der Waals surface area (Å²) < 4.78 is 58.7. The van der Waals surface area contributed by atoms with Crippen molar-refractivity contribution >= 4 is 28.5 Å². The second kappa shape index (κ2) is 9.55. The van der Waals surface area contributed by atoms with Crippen LogP contribution in [0.15, 0.2) is 60.9 Å². The molecular formula is C22H15F5N4O2. The summed E-state index contributed by atoms with van der Waals surface area (Å²) >= 11 is 0. The number of carbonyl (C=O) groups is 1. The third-order valence-electron chi connectivity index (χ3n) is 4.25. The minimum atomic E-state index is -5.08. The first-order chi connectivity index (χ1) is 15.5. The Labute approximate surface area is 183 Å². The summed E-state index contributed by atoms with van der Waals surface area (Å²) in [5.41, 5.74) is 3.59. The second-order valence-corrected chi connectivity index (χ2v) is 6.68. The molecule has 6 nitrogen and oxygen atoms in total. The number of carboxylic acid groups (broad SMARTS) is 1. The van der Waals surface area contributed by atoms with Crippen LogP contribution >= 0.6 is 0 Å². The van der Waals surface area contributed by atoms with Crippen LogP contribution in [0.1, 0.15) is 5.69 Å². The Kier molecular flexibility index (Phi) is 6.80. The Morgan fingerprint density at radius 3 is 2.33 bits per heavy atom. The molecule has 2 heterocycles. The summed E-state index contributed by atoms with van der Waals surface area (Å²) in [6.45, 7) is 1.92. The Balaban J connectivity index is 0.000000383. The molecule has 0 saturated heterocycles. The number of pyridine rings is 1. The molecule has 0 radical (unpaired) electrons. The van der Waals surface area contributed by atoms with Gasteiger partial charge in [-0.15, -0.1) is 0 Å². The molecule has 0 bridgehead atoms. The topological polar surface area (TPSA) is 88.0 Å². The van der Waals surface area contributed by atoms with E-state index in [0.717, 1.165) is 33.8 Å². The smallest absolute Gasteiger partial charge is 0.475 e. The van der Waals surface area contributed by atoms with Crippen molar-refractivity contribution in [3.05, 3.63) is 78.3 Å². The molecule has 0 unspecified atom stereocenters. The highest BCUT2D eigenvalue weighted by Crippen LogP contribution is 2.28. The Hall–Kier alpha value is -4.15. The Morgan fingerprint density at radius 2 is 1.73 bits per heavy atom. The van der Waals surface area contributed by atoms with E-state index in [4.69, 9.17) is 9.90 Å². The quantitative estimate of drug-likeness (QED) is 0.382. The van der Waals surface area contributed by atoms with Crippen molar-refractivity contribution in [3.63, 3.8) is 0 Å². The van der Waals surface area contributed by atoms with Crippen LogP contribution in [0.4, 0.5) is 33.6 Å². The molecule has 0 spiro atoms. The van der Waals surface area contributed by atoms with E-state index in [9.17, 15) is 22.0 Å². The highest BCUT2D eigenvalue weighted by atomic mass is 19.4. The van der Waals surface area contributed by atoms with E-state index in [1.807, 2.05) is 37.3 Å². The number of aromatic nitrogens is 3. The molecule has 4 aromatic rings. The molecule has 0 aliphatic rings. The van der Waals surface area contributed by atoms with Gasteiger partial charge in [0.25, 0.3) is 0 Å². The zero-order valence-electron chi connectivity index (χ0n) is 16.9. The van der Waals surface area contributed by atoms with Crippen LogP contribution in [-0.4, -0.2) is 32.2 Å². The van der Waals surface area contributed by atoms with E-state index in [1.165, 1.54) is 12.1 Å². The van der Waals surface area contributed by atoms with Crippen molar-refractivity contribution < 1.29 is 31.9 Å². The predicted molar refractivity (Wildman–Crippen MR) is 111 cm³/mol. The molecule has 2 aromatic heterocycles. The largest absolute Gasteiger partial charge is 0.490 e. The average molecular weight is 462 g/mol. The number of hydrogen-bond acceptors (Lipinski definition) is 5. The maximum Gasteiger partial charge on any atom is 0.490 e. The highest BCUT2D eigenvalue weighted by Gasteiger charge is 2.38. The fourth-order valence-electron chi connectivity index (χ4n) is 2.69. The maximum absolute atomic E-state index is 13.9. The van der Waals surface area contributed by atoms with Gasteiger partial charge in [-0.05, 0) is 25.1 Å². The zero-order valence-corrected chi connectivity index (χ0v) is 16.9. The molecule has 4 rings (SSSR count). The van der Waals surface area contributed by atoms with Crippen molar-refractivity contribution in [1.29, 1.82) is 0 Å². The van der Waals surface area contributed by atoms with E-state index in [2.05, 4.69) is 20.3 Å². The lowest BCUT2D eigenvalue weighted by molar-refractivity contribution is -0.192. The minimum Gasteiger partial charge on any atom is -0.475 e. The number of fused-ring (bicyclic) bond motifs is 1. The van der Waals surface area contributed by atoms with Crippen LogP contribution < -0.4 is 5.32 Å². The maximum atomic E-state index is 13.9. The van der Waals surface area contributed by atoms with Crippen LogP contribution in [-0.2, 0) is 4.79 Å². The van der Waals surface area contributed by atoms with Gasteiger partial charge in [-0.2, -0.15) is 13.2 Å². The number of carboxylic acids is 1. The van der Waals surface area contributed by atoms with Crippen molar-refractivity contribution in [3.8, 4) is 11.1 Å². The van der Waals surface area contributed by atoms with E-state index < -0.39 is 23.8 Å². The molecular weight excluding hydrogens is 447 g/mol. The number of rotatable bonds is 3. The number of nitrogens with zero attached hydrogens (tertiary/aromatic N) is 3. The lowest BCUT2D eigenvalue weighted by Gasteiger charge is -2.09. The summed E-state index contributed by atoms with van der Waals surface area (Å²) in [6.07, 6.45) is -1.63. The normalized spacial score (nSPS) is 11.0. The summed E-state index contributed by atoms with van der Waals surface area (Å²) in [4.78, 5) is 22.0. The standard InChI is InChI=1S/C20H14F2N4.C2HF3O2/c1-12-5-6-13(10-23-12)16-4-2-3-14-11-24-20(26-19(14)16)25-18-8-7-15(21)9-17(18)22;3-2(4,5)1(6)7/h2-11H,1H3,(H,24,25,26);(H,6,7). The number of hydrogen-bond donors (Lipinski definition) is 2. The molecule has 0 aliphatic carbocycles. The van der Waals surface area contributed by atoms with Crippen molar-refractivity contribution in [2.24, 2.45) is 0 Å². The number of halogens is 5. The third-order valence-corrected chi connectivity index (χ3v) is 4.25. The molecule has 0 amide bonds. The first kappa shape index (κ1) is 23.5.